The molecule has 0 amide bonds. The van der Waals surface area contributed by atoms with Crippen molar-refractivity contribution in [2.75, 3.05) is 0 Å². The van der Waals surface area contributed by atoms with E-state index >= 15 is 0 Å². The Bertz CT molecular complexity index is 2860. The maximum Gasteiger partial charge on any atom is 0.227 e. The van der Waals surface area contributed by atoms with Crippen LogP contribution in [0.5, 0.6) is 0 Å². The molecule has 0 atom stereocenters. The molecule has 3 heterocycles. The number of nitrogens with zero attached hydrogens (tertiary/aromatic N) is 4. The van der Waals surface area contributed by atoms with Crippen LogP contribution in [0.2, 0.25) is 0 Å². The van der Waals surface area contributed by atoms with E-state index in [0.29, 0.717) is 40.0 Å². The van der Waals surface area contributed by atoms with E-state index in [4.69, 9.17) is 28.8 Å². The van der Waals surface area contributed by atoms with Crippen molar-refractivity contribution >= 4 is 43.8 Å². The van der Waals surface area contributed by atoms with Gasteiger partial charge in [-0.05, 0) is 40.6 Å². The van der Waals surface area contributed by atoms with Crippen molar-refractivity contribution in [2.45, 2.75) is 0 Å². The van der Waals surface area contributed by atoms with E-state index in [0.717, 1.165) is 60.5 Å². The van der Waals surface area contributed by atoms with Gasteiger partial charge in [-0.25, -0.2) is 19.9 Å². The summed E-state index contributed by atoms with van der Waals surface area (Å²) in [7, 11) is 0. The molecule has 0 N–H and O–H groups in total. The minimum absolute atomic E-state index is 0.482. The molecule has 0 radical (unpaired) electrons. The minimum atomic E-state index is 0.482. The molecule has 0 bridgehead atoms. The molecule has 0 unspecified atom stereocenters. The average Bonchev–Trinajstić information content (AvgIpc) is 3.79. The molecule has 0 saturated carbocycles. The van der Waals surface area contributed by atoms with E-state index in [-0.39, 0.29) is 0 Å². The zero-order valence-electron chi connectivity index (χ0n) is 26.6. The summed E-state index contributed by atoms with van der Waals surface area (Å²) in [5.41, 5.74) is 8.21. The Morgan fingerprint density at radius 2 is 1.00 bits per heavy atom. The number of hydrogen-bond acceptors (Lipinski definition) is 6. The summed E-state index contributed by atoms with van der Waals surface area (Å²) in [6, 6.07) is 53.0. The lowest BCUT2D eigenvalue weighted by Gasteiger charge is -2.15. The van der Waals surface area contributed by atoms with Crippen LogP contribution < -0.4 is 0 Å². The Labute approximate surface area is 286 Å². The molecule has 0 aliphatic carbocycles. The number of furan rings is 1. The molecule has 0 spiro atoms. The predicted molar refractivity (Wildman–Crippen MR) is 199 cm³/mol. The minimum Gasteiger partial charge on any atom is -0.456 e. The first-order chi connectivity index (χ1) is 24.8. The van der Waals surface area contributed by atoms with Gasteiger partial charge in [0, 0.05) is 39.1 Å². The van der Waals surface area contributed by atoms with Gasteiger partial charge in [0.15, 0.2) is 23.1 Å². The van der Waals surface area contributed by atoms with Gasteiger partial charge in [0.05, 0.1) is 5.56 Å². The number of benzene rings is 7. The second kappa shape index (κ2) is 11.4. The molecular weight excluding hydrogens is 617 g/mol. The number of para-hydroxylation sites is 1. The van der Waals surface area contributed by atoms with Crippen LogP contribution >= 0.6 is 0 Å². The molecule has 50 heavy (non-hydrogen) atoms. The molecule has 10 aromatic rings. The summed E-state index contributed by atoms with van der Waals surface area (Å²) in [4.78, 5) is 20.8. The highest BCUT2D eigenvalue weighted by molar-refractivity contribution is 6.18. The van der Waals surface area contributed by atoms with Crippen LogP contribution in [0, 0.1) is 0 Å². The molecule has 0 aliphatic rings. The predicted octanol–water partition coefficient (Wildman–Crippen LogP) is 11.4. The highest BCUT2D eigenvalue weighted by Crippen LogP contribution is 2.43. The molecule has 0 aliphatic heterocycles. The molecule has 234 valence electrons. The highest BCUT2D eigenvalue weighted by Gasteiger charge is 2.25. The molecule has 0 saturated heterocycles. The lowest BCUT2D eigenvalue weighted by Crippen LogP contribution is -2.02. The van der Waals surface area contributed by atoms with Crippen LogP contribution in [-0.4, -0.2) is 19.9 Å². The maximum absolute atomic E-state index is 6.43. The average molecular weight is 643 g/mol. The zero-order valence-corrected chi connectivity index (χ0v) is 26.6. The first-order valence-electron chi connectivity index (χ1n) is 16.5. The Kier molecular flexibility index (Phi) is 6.39. The van der Waals surface area contributed by atoms with Gasteiger partial charge in [-0.15, -0.1) is 0 Å². The van der Waals surface area contributed by atoms with Crippen LogP contribution in [-0.2, 0) is 0 Å². The van der Waals surface area contributed by atoms with Gasteiger partial charge in [0.1, 0.15) is 16.7 Å². The summed E-state index contributed by atoms with van der Waals surface area (Å²) in [5, 5.41) is 4.08. The van der Waals surface area contributed by atoms with Crippen molar-refractivity contribution in [3.05, 3.63) is 158 Å². The molecule has 0 fully saturated rings. The Balaban J connectivity index is 1.33. The summed E-state index contributed by atoms with van der Waals surface area (Å²) in [6.45, 7) is 0. The van der Waals surface area contributed by atoms with Gasteiger partial charge in [-0.3, -0.25) is 0 Å². The Morgan fingerprint density at radius 3 is 1.78 bits per heavy atom. The summed E-state index contributed by atoms with van der Waals surface area (Å²) >= 11 is 0. The Hall–Kier alpha value is -6.92. The van der Waals surface area contributed by atoms with Gasteiger partial charge >= 0.3 is 0 Å². The SMILES string of the molecule is c1ccc(-c2nc(-c3ccc4ccccc4c3-c3ccccc3)nc(-c3c4nc(-c5ccccc5)oc4cc4oc5ccccc5c34)n2)cc1. The normalized spacial score (nSPS) is 11.6. The van der Waals surface area contributed by atoms with E-state index in [2.05, 4.69) is 66.7 Å². The third-order valence-corrected chi connectivity index (χ3v) is 9.17. The standard InChI is InChI=1S/C44H26N4O2/c1-4-15-28(16-5-1)37-31-21-11-10-14-27(31)24-25-33(37)42-46-41(29-17-6-2-7-18-29)47-43(48-42)39-38-32-22-12-13-23-34(32)49-35(38)26-36-40(39)45-44(50-36)30-19-8-3-9-20-30/h1-26H. The van der Waals surface area contributed by atoms with Crippen LogP contribution in [0.25, 0.3) is 101 Å². The van der Waals surface area contributed by atoms with E-state index in [9.17, 15) is 0 Å². The van der Waals surface area contributed by atoms with Crippen LogP contribution in [0.15, 0.2) is 167 Å². The van der Waals surface area contributed by atoms with Crippen molar-refractivity contribution in [3.8, 4) is 56.7 Å². The Morgan fingerprint density at radius 1 is 0.380 bits per heavy atom. The lowest BCUT2D eigenvalue weighted by molar-refractivity contribution is 0.617. The molecular formula is C44H26N4O2. The van der Waals surface area contributed by atoms with E-state index < -0.39 is 0 Å². The summed E-state index contributed by atoms with van der Waals surface area (Å²) in [6.07, 6.45) is 0. The third kappa shape index (κ3) is 4.58. The van der Waals surface area contributed by atoms with Gasteiger partial charge in [0.2, 0.25) is 5.89 Å². The fourth-order valence-electron chi connectivity index (χ4n) is 6.89. The fraction of sp³-hybridized carbons (Fsp3) is 0. The van der Waals surface area contributed by atoms with Crippen molar-refractivity contribution < 1.29 is 8.83 Å². The van der Waals surface area contributed by atoms with Crippen molar-refractivity contribution in [3.63, 3.8) is 0 Å². The molecule has 6 nitrogen and oxygen atoms in total. The first kappa shape index (κ1) is 28.1. The number of rotatable bonds is 5. The summed E-state index contributed by atoms with van der Waals surface area (Å²) in [5.74, 6) is 2.11. The second-order valence-electron chi connectivity index (χ2n) is 12.2. The largest absolute Gasteiger partial charge is 0.456 e. The zero-order chi connectivity index (χ0) is 33.0. The maximum atomic E-state index is 6.43. The number of hydrogen-bond donors (Lipinski definition) is 0. The van der Waals surface area contributed by atoms with Crippen molar-refractivity contribution in [1.82, 2.24) is 19.9 Å². The monoisotopic (exact) mass is 642 g/mol. The van der Waals surface area contributed by atoms with E-state index in [1.165, 1.54) is 0 Å². The quantitative estimate of drug-likeness (QED) is 0.186. The fourth-order valence-corrected chi connectivity index (χ4v) is 6.89. The van der Waals surface area contributed by atoms with Crippen LogP contribution in [0.1, 0.15) is 0 Å². The van der Waals surface area contributed by atoms with Crippen LogP contribution in [0.4, 0.5) is 0 Å². The number of aromatic nitrogens is 4. The highest BCUT2D eigenvalue weighted by atomic mass is 16.4. The van der Waals surface area contributed by atoms with E-state index in [1.54, 1.807) is 0 Å². The lowest BCUT2D eigenvalue weighted by atomic mass is 9.93. The first-order valence-corrected chi connectivity index (χ1v) is 16.5. The van der Waals surface area contributed by atoms with Gasteiger partial charge < -0.3 is 8.83 Å². The van der Waals surface area contributed by atoms with Crippen LogP contribution in [0.3, 0.4) is 0 Å². The summed E-state index contributed by atoms with van der Waals surface area (Å²) < 4.78 is 12.9. The van der Waals surface area contributed by atoms with Crippen molar-refractivity contribution in [2.24, 2.45) is 0 Å². The second-order valence-corrected chi connectivity index (χ2v) is 12.2. The molecule has 10 rings (SSSR count). The van der Waals surface area contributed by atoms with Gasteiger partial charge in [-0.1, -0.05) is 127 Å². The smallest absolute Gasteiger partial charge is 0.227 e. The van der Waals surface area contributed by atoms with Gasteiger partial charge in [-0.2, -0.15) is 0 Å². The number of fused-ring (bicyclic) bond motifs is 5. The molecule has 6 heteroatoms. The molecule has 3 aromatic heterocycles. The number of oxazole rings is 1. The van der Waals surface area contributed by atoms with E-state index in [1.807, 2.05) is 91.0 Å². The topological polar surface area (TPSA) is 77.8 Å². The van der Waals surface area contributed by atoms with Gasteiger partial charge in [0.25, 0.3) is 0 Å². The van der Waals surface area contributed by atoms with Crippen molar-refractivity contribution in [1.29, 1.82) is 0 Å². The third-order valence-electron chi connectivity index (χ3n) is 9.17. The molecule has 7 aromatic carbocycles.